The van der Waals surface area contributed by atoms with Crippen molar-refractivity contribution < 1.29 is 13.2 Å². The molecule has 0 amide bonds. The average Bonchev–Trinajstić information content (AvgIpc) is 2.93. The number of aromatic nitrogens is 2. The minimum atomic E-state index is -4.36. The number of nitrogens with zero attached hydrogens (tertiary/aromatic N) is 2. The van der Waals surface area contributed by atoms with E-state index < -0.39 is 11.7 Å². The van der Waals surface area contributed by atoms with Crippen molar-refractivity contribution in [1.29, 1.82) is 0 Å². The molecule has 0 fully saturated rings. The highest BCUT2D eigenvalue weighted by atomic mass is 19.4. The SMILES string of the molecule is Cc1ccc(-n2nc(N)c3c2CCC3)cc1C(F)(F)F. The van der Waals surface area contributed by atoms with Gasteiger partial charge in [-0.3, -0.25) is 0 Å². The molecule has 0 radical (unpaired) electrons. The first-order valence-corrected chi connectivity index (χ1v) is 6.42. The number of anilines is 1. The van der Waals surface area contributed by atoms with Crippen molar-refractivity contribution >= 4 is 5.82 Å². The van der Waals surface area contributed by atoms with Crippen molar-refractivity contribution in [3.05, 3.63) is 40.6 Å². The monoisotopic (exact) mass is 281 g/mol. The van der Waals surface area contributed by atoms with E-state index in [0.29, 0.717) is 11.5 Å². The van der Waals surface area contributed by atoms with E-state index in [1.165, 1.54) is 13.0 Å². The molecular weight excluding hydrogens is 267 g/mol. The van der Waals surface area contributed by atoms with Crippen LogP contribution in [0.4, 0.5) is 19.0 Å². The van der Waals surface area contributed by atoms with Gasteiger partial charge in [0.15, 0.2) is 0 Å². The average molecular weight is 281 g/mol. The highest BCUT2D eigenvalue weighted by Crippen LogP contribution is 2.34. The van der Waals surface area contributed by atoms with E-state index in [-0.39, 0.29) is 5.56 Å². The molecule has 3 rings (SSSR count). The van der Waals surface area contributed by atoms with E-state index >= 15 is 0 Å². The van der Waals surface area contributed by atoms with Crippen LogP contribution in [-0.2, 0) is 19.0 Å². The van der Waals surface area contributed by atoms with E-state index in [1.807, 2.05) is 0 Å². The molecule has 0 atom stereocenters. The molecule has 2 N–H and O–H groups in total. The van der Waals surface area contributed by atoms with Crippen molar-refractivity contribution in [3.63, 3.8) is 0 Å². The first-order chi connectivity index (χ1) is 9.38. The van der Waals surface area contributed by atoms with Gasteiger partial charge in [-0.2, -0.15) is 18.3 Å². The third kappa shape index (κ3) is 1.95. The summed E-state index contributed by atoms with van der Waals surface area (Å²) in [7, 11) is 0. The topological polar surface area (TPSA) is 43.8 Å². The Morgan fingerprint density at radius 2 is 2.00 bits per heavy atom. The molecule has 0 saturated carbocycles. The summed E-state index contributed by atoms with van der Waals surface area (Å²) in [5.74, 6) is 0.423. The molecule has 1 aromatic heterocycles. The van der Waals surface area contributed by atoms with Crippen molar-refractivity contribution in [2.45, 2.75) is 32.4 Å². The Morgan fingerprint density at radius 3 is 2.70 bits per heavy atom. The first-order valence-electron chi connectivity index (χ1n) is 6.42. The molecule has 6 heteroatoms. The fourth-order valence-corrected chi connectivity index (χ4v) is 2.73. The minimum Gasteiger partial charge on any atom is -0.382 e. The van der Waals surface area contributed by atoms with Crippen LogP contribution in [0.15, 0.2) is 18.2 Å². The van der Waals surface area contributed by atoms with Crippen LogP contribution in [0.1, 0.15) is 28.8 Å². The smallest absolute Gasteiger partial charge is 0.382 e. The number of hydrogen-bond donors (Lipinski definition) is 1. The quantitative estimate of drug-likeness (QED) is 0.871. The van der Waals surface area contributed by atoms with E-state index in [9.17, 15) is 13.2 Å². The van der Waals surface area contributed by atoms with Crippen molar-refractivity contribution in [1.82, 2.24) is 9.78 Å². The van der Waals surface area contributed by atoms with Crippen LogP contribution in [0.25, 0.3) is 5.69 Å². The van der Waals surface area contributed by atoms with Crippen molar-refractivity contribution in [3.8, 4) is 5.69 Å². The van der Waals surface area contributed by atoms with Gasteiger partial charge < -0.3 is 5.73 Å². The maximum Gasteiger partial charge on any atom is 0.416 e. The number of nitrogens with two attached hydrogens (primary N) is 1. The van der Waals surface area contributed by atoms with Crippen LogP contribution in [0.3, 0.4) is 0 Å². The second-order valence-corrected chi connectivity index (χ2v) is 5.07. The first kappa shape index (κ1) is 13.0. The summed E-state index contributed by atoms with van der Waals surface area (Å²) >= 11 is 0. The zero-order valence-corrected chi connectivity index (χ0v) is 11.0. The number of rotatable bonds is 1. The summed E-state index contributed by atoms with van der Waals surface area (Å²) in [5.41, 5.74) is 7.72. The Labute approximate surface area is 114 Å². The number of halogens is 3. The zero-order chi connectivity index (χ0) is 14.5. The number of fused-ring (bicyclic) bond motifs is 1. The molecule has 3 nitrogen and oxygen atoms in total. The van der Waals surface area contributed by atoms with Gasteiger partial charge in [-0.1, -0.05) is 6.07 Å². The molecular formula is C14H14F3N3. The molecule has 1 aliphatic carbocycles. The lowest BCUT2D eigenvalue weighted by molar-refractivity contribution is -0.138. The van der Waals surface area contributed by atoms with Gasteiger partial charge in [0.25, 0.3) is 0 Å². The summed E-state index contributed by atoms with van der Waals surface area (Å²) in [5, 5.41) is 4.18. The predicted octanol–water partition coefficient (Wildman–Crippen LogP) is 3.27. The van der Waals surface area contributed by atoms with Crippen LogP contribution in [0.2, 0.25) is 0 Å². The molecule has 0 unspecified atom stereocenters. The van der Waals surface area contributed by atoms with Crippen LogP contribution < -0.4 is 5.73 Å². The Balaban J connectivity index is 2.15. The molecule has 1 aromatic carbocycles. The van der Waals surface area contributed by atoms with Gasteiger partial charge in [0.1, 0.15) is 5.82 Å². The van der Waals surface area contributed by atoms with E-state index in [2.05, 4.69) is 5.10 Å². The normalized spacial score (nSPS) is 14.6. The number of nitrogen functional groups attached to an aromatic ring is 1. The highest BCUT2D eigenvalue weighted by molar-refractivity contribution is 5.50. The van der Waals surface area contributed by atoms with Gasteiger partial charge in [-0.25, -0.2) is 4.68 Å². The lowest BCUT2D eigenvalue weighted by Crippen LogP contribution is -2.10. The lowest BCUT2D eigenvalue weighted by atomic mass is 10.1. The third-order valence-electron chi connectivity index (χ3n) is 3.73. The molecule has 106 valence electrons. The Hall–Kier alpha value is -1.98. The maximum absolute atomic E-state index is 13.0. The van der Waals surface area contributed by atoms with Gasteiger partial charge in [0.05, 0.1) is 11.3 Å². The number of aryl methyl sites for hydroxylation is 1. The predicted molar refractivity (Wildman–Crippen MR) is 69.7 cm³/mol. The molecule has 0 aliphatic heterocycles. The summed E-state index contributed by atoms with van der Waals surface area (Å²) in [6.07, 6.45) is -1.74. The lowest BCUT2D eigenvalue weighted by Gasteiger charge is -2.13. The van der Waals surface area contributed by atoms with Gasteiger partial charge in [-0.05, 0) is 43.9 Å². The Bertz CT molecular complexity index is 671. The van der Waals surface area contributed by atoms with Crippen LogP contribution >= 0.6 is 0 Å². The zero-order valence-electron chi connectivity index (χ0n) is 11.0. The van der Waals surface area contributed by atoms with Crippen molar-refractivity contribution in [2.75, 3.05) is 5.73 Å². The summed E-state index contributed by atoms with van der Waals surface area (Å²) in [6, 6.07) is 4.26. The van der Waals surface area contributed by atoms with Crippen LogP contribution in [0, 0.1) is 6.92 Å². The van der Waals surface area contributed by atoms with Gasteiger partial charge in [-0.15, -0.1) is 0 Å². The molecule has 1 heterocycles. The van der Waals surface area contributed by atoms with Crippen molar-refractivity contribution in [2.24, 2.45) is 0 Å². The molecule has 20 heavy (non-hydrogen) atoms. The fourth-order valence-electron chi connectivity index (χ4n) is 2.73. The van der Waals surface area contributed by atoms with Crippen LogP contribution in [-0.4, -0.2) is 9.78 Å². The Kier molecular flexibility index (Phi) is 2.77. The second kappa shape index (κ2) is 4.26. The number of alkyl halides is 3. The van der Waals surface area contributed by atoms with E-state index in [1.54, 1.807) is 10.7 Å². The maximum atomic E-state index is 13.0. The highest BCUT2D eigenvalue weighted by Gasteiger charge is 2.33. The third-order valence-corrected chi connectivity index (χ3v) is 3.73. The standard InChI is InChI=1S/C14H14F3N3/c1-8-5-6-9(7-11(8)14(15,16)17)20-12-4-2-3-10(12)13(18)19-20/h5-7H,2-4H2,1H3,(H2,18,19). The summed E-state index contributed by atoms with van der Waals surface area (Å²) < 4.78 is 40.5. The van der Waals surface area contributed by atoms with Gasteiger partial charge >= 0.3 is 6.18 Å². The summed E-state index contributed by atoms with van der Waals surface area (Å²) in [6.45, 7) is 1.45. The van der Waals surface area contributed by atoms with Crippen LogP contribution in [0.5, 0.6) is 0 Å². The molecule has 2 aromatic rings. The van der Waals surface area contributed by atoms with Gasteiger partial charge in [0.2, 0.25) is 0 Å². The number of benzene rings is 1. The molecule has 0 spiro atoms. The fraction of sp³-hybridized carbons (Fsp3) is 0.357. The summed E-state index contributed by atoms with van der Waals surface area (Å²) in [4.78, 5) is 0. The number of hydrogen-bond acceptors (Lipinski definition) is 2. The molecule has 0 saturated heterocycles. The second-order valence-electron chi connectivity index (χ2n) is 5.07. The minimum absolute atomic E-state index is 0.207. The molecule has 0 bridgehead atoms. The Morgan fingerprint density at radius 1 is 1.25 bits per heavy atom. The van der Waals surface area contributed by atoms with Gasteiger partial charge in [0, 0.05) is 11.3 Å². The molecule has 1 aliphatic rings. The largest absolute Gasteiger partial charge is 0.416 e. The van der Waals surface area contributed by atoms with E-state index in [4.69, 9.17) is 5.73 Å². The van der Waals surface area contributed by atoms with E-state index in [0.717, 1.165) is 36.6 Å².